The van der Waals surface area contributed by atoms with Gasteiger partial charge in [0.05, 0.1) is 10.6 Å². The fourth-order valence-corrected chi connectivity index (χ4v) is 3.83. The summed E-state index contributed by atoms with van der Waals surface area (Å²) in [6.07, 6.45) is 0.420. The highest BCUT2D eigenvalue weighted by Gasteiger charge is 2.20. The molecule has 2 aromatic rings. The predicted molar refractivity (Wildman–Crippen MR) is 80.6 cm³/mol. The molecule has 0 aliphatic rings. The van der Waals surface area contributed by atoms with E-state index in [2.05, 4.69) is 5.32 Å². The molecule has 5 heteroatoms. The highest BCUT2D eigenvalue weighted by molar-refractivity contribution is 7.91. The number of sulfone groups is 1. The van der Waals surface area contributed by atoms with Crippen LogP contribution in [0.3, 0.4) is 0 Å². The third-order valence-electron chi connectivity index (χ3n) is 3.39. The van der Waals surface area contributed by atoms with E-state index in [9.17, 15) is 8.42 Å². The lowest BCUT2D eigenvalue weighted by atomic mass is 10.1. The zero-order chi connectivity index (χ0) is 14.6. The molecule has 0 aliphatic heterocycles. The number of nitrogens with one attached hydrogen (secondary N) is 1. The molecule has 0 spiro atoms. The Morgan fingerprint density at radius 2 is 1.85 bits per heavy atom. The lowest BCUT2D eigenvalue weighted by molar-refractivity contribution is 0.272. The van der Waals surface area contributed by atoms with E-state index in [1.165, 1.54) is 0 Å². The van der Waals surface area contributed by atoms with Crippen LogP contribution in [0.5, 0.6) is 0 Å². The molecule has 4 nitrogen and oxygen atoms in total. The second-order valence-electron chi connectivity index (χ2n) is 4.79. The third kappa shape index (κ3) is 3.36. The van der Waals surface area contributed by atoms with Crippen LogP contribution < -0.4 is 5.32 Å². The van der Waals surface area contributed by atoms with Gasteiger partial charge in [-0.2, -0.15) is 0 Å². The number of aliphatic hydroxyl groups excluding tert-OH is 1. The summed E-state index contributed by atoms with van der Waals surface area (Å²) in [4.78, 5) is 0.328. The standard InChI is InChI=1S/C15H19NO3S/c1-16-14(8-9-17)11-20(18,19)15-7-6-12-4-2-3-5-13(12)10-15/h2-7,10,14,16-17H,8-9,11H2,1H3. The summed E-state index contributed by atoms with van der Waals surface area (Å²) in [5, 5.41) is 13.8. The third-order valence-corrected chi connectivity index (χ3v) is 5.20. The van der Waals surface area contributed by atoms with Crippen molar-refractivity contribution in [2.45, 2.75) is 17.4 Å². The Labute approximate surface area is 119 Å². The molecule has 1 atom stereocenters. The predicted octanol–water partition coefficient (Wildman–Crippen LogP) is 1.58. The number of fused-ring (bicyclic) bond motifs is 1. The van der Waals surface area contributed by atoms with E-state index in [0.717, 1.165) is 10.8 Å². The van der Waals surface area contributed by atoms with Crippen LogP contribution in [-0.4, -0.2) is 39.0 Å². The molecule has 0 aromatic heterocycles. The van der Waals surface area contributed by atoms with Crippen molar-refractivity contribution in [3.8, 4) is 0 Å². The first kappa shape index (κ1) is 15.0. The summed E-state index contributed by atoms with van der Waals surface area (Å²) >= 11 is 0. The smallest absolute Gasteiger partial charge is 0.179 e. The van der Waals surface area contributed by atoms with Gasteiger partial charge in [0.25, 0.3) is 0 Å². The minimum absolute atomic E-state index is 0.0115. The Bertz CT molecular complexity index is 682. The van der Waals surface area contributed by atoms with Gasteiger partial charge in [-0.3, -0.25) is 0 Å². The summed E-state index contributed by atoms with van der Waals surface area (Å²) in [5.41, 5.74) is 0. The lowest BCUT2D eigenvalue weighted by Gasteiger charge is -2.15. The van der Waals surface area contributed by atoms with Gasteiger partial charge in [0.1, 0.15) is 0 Å². The van der Waals surface area contributed by atoms with Crippen molar-refractivity contribution in [2.75, 3.05) is 19.4 Å². The Kier molecular flexibility index (Phi) is 4.75. The van der Waals surface area contributed by atoms with Gasteiger partial charge in [-0.05, 0) is 36.4 Å². The summed E-state index contributed by atoms with van der Waals surface area (Å²) in [6.45, 7) is -0.0290. The number of hydrogen-bond acceptors (Lipinski definition) is 4. The molecule has 0 saturated carbocycles. The van der Waals surface area contributed by atoms with Crippen molar-refractivity contribution < 1.29 is 13.5 Å². The molecular formula is C15H19NO3S. The molecule has 0 bridgehead atoms. The van der Waals surface area contributed by atoms with E-state index in [4.69, 9.17) is 5.11 Å². The first-order chi connectivity index (χ1) is 9.56. The van der Waals surface area contributed by atoms with Crippen LogP contribution in [0.15, 0.2) is 47.4 Å². The zero-order valence-electron chi connectivity index (χ0n) is 11.4. The van der Waals surface area contributed by atoms with Gasteiger partial charge in [-0.1, -0.05) is 30.3 Å². The van der Waals surface area contributed by atoms with Crippen LogP contribution in [0.4, 0.5) is 0 Å². The molecule has 0 aliphatic carbocycles. The first-order valence-corrected chi connectivity index (χ1v) is 8.22. The van der Waals surface area contributed by atoms with Crippen LogP contribution in [0.1, 0.15) is 6.42 Å². The number of aliphatic hydroxyl groups is 1. The average molecular weight is 293 g/mol. The van der Waals surface area contributed by atoms with Gasteiger partial charge in [0, 0.05) is 12.6 Å². The minimum atomic E-state index is -3.36. The van der Waals surface area contributed by atoms with Crippen molar-refractivity contribution in [3.63, 3.8) is 0 Å². The van der Waals surface area contributed by atoms with Crippen LogP contribution in [-0.2, 0) is 9.84 Å². The monoisotopic (exact) mass is 293 g/mol. The van der Waals surface area contributed by atoms with Gasteiger partial charge in [0.15, 0.2) is 9.84 Å². The van der Waals surface area contributed by atoms with E-state index in [1.54, 1.807) is 19.2 Å². The lowest BCUT2D eigenvalue weighted by Crippen LogP contribution is -2.33. The number of rotatable bonds is 6. The molecule has 0 heterocycles. The largest absolute Gasteiger partial charge is 0.396 e. The van der Waals surface area contributed by atoms with Gasteiger partial charge in [-0.15, -0.1) is 0 Å². The Balaban J connectivity index is 2.31. The van der Waals surface area contributed by atoms with Crippen molar-refractivity contribution in [2.24, 2.45) is 0 Å². The summed E-state index contributed by atoms with van der Waals surface area (Å²) in [5.74, 6) is -0.0115. The Morgan fingerprint density at radius 1 is 1.15 bits per heavy atom. The van der Waals surface area contributed by atoms with Gasteiger partial charge < -0.3 is 10.4 Å². The molecule has 0 amide bonds. The van der Waals surface area contributed by atoms with Crippen molar-refractivity contribution in [1.82, 2.24) is 5.32 Å². The van der Waals surface area contributed by atoms with Crippen LogP contribution >= 0.6 is 0 Å². The van der Waals surface area contributed by atoms with Crippen molar-refractivity contribution in [1.29, 1.82) is 0 Å². The molecule has 0 radical (unpaired) electrons. The van der Waals surface area contributed by atoms with Gasteiger partial charge in [0.2, 0.25) is 0 Å². The quantitative estimate of drug-likeness (QED) is 0.848. The second-order valence-corrected chi connectivity index (χ2v) is 6.82. The highest BCUT2D eigenvalue weighted by Crippen LogP contribution is 2.20. The topological polar surface area (TPSA) is 66.4 Å². The summed E-state index contributed by atoms with van der Waals surface area (Å²) in [7, 11) is -1.65. The highest BCUT2D eigenvalue weighted by atomic mass is 32.2. The first-order valence-electron chi connectivity index (χ1n) is 6.56. The maximum Gasteiger partial charge on any atom is 0.179 e. The molecule has 2 aromatic carbocycles. The summed E-state index contributed by atoms with van der Waals surface area (Å²) < 4.78 is 24.8. The van der Waals surface area contributed by atoms with Crippen molar-refractivity contribution in [3.05, 3.63) is 42.5 Å². The SMILES string of the molecule is CNC(CCO)CS(=O)(=O)c1ccc2ccccc2c1. The van der Waals surface area contributed by atoms with E-state index < -0.39 is 9.84 Å². The van der Waals surface area contributed by atoms with E-state index in [0.29, 0.717) is 11.3 Å². The summed E-state index contributed by atoms with van der Waals surface area (Å²) in [6, 6.07) is 12.6. The van der Waals surface area contributed by atoms with Crippen molar-refractivity contribution >= 4 is 20.6 Å². The molecule has 2 N–H and O–H groups in total. The zero-order valence-corrected chi connectivity index (χ0v) is 12.2. The maximum atomic E-state index is 12.4. The number of benzene rings is 2. The van der Waals surface area contributed by atoms with Crippen LogP contribution in [0.25, 0.3) is 10.8 Å². The van der Waals surface area contributed by atoms with Crippen LogP contribution in [0, 0.1) is 0 Å². The molecule has 0 saturated heterocycles. The fraction of sp³-hybridized carbons (Fsp3) is 0.333. The average Bonchev–Trinajstić information content (AvgIpc) is 2.46. The molecule has 108 valence electrons. The van der Waals surface area contributed by atoms with E-state index in [1.807, 2.05) is 30.3 Å². The Hall–Kier alpha value is -1.43. The molecule has 1 unspecified atom stereocenters. The minimum Gasteiger partial charge on any atom is -0.396 e. The molecule has 2 rings (SSSR count). The molecule has 0 fully saturated rings. The second kappa shape index (κ2) is 6.35. The molecular weight excluding hydrogens is 274 g/mol. The molecule has 20 heavy (non-hydrogen) atoms. The van der Waals surface area contributed by atoms with E-state index >= 15 is 0 Å². The Morgan fingerprint density at radius 3 is 2.50 bits per heavy atom. The van der Waals surface area contributed by atoms with Gasteiger partial charge >= 0.3 is 0 Å². The van der Waals surface area contributed by atoms with Crippen LogP contribution in [0.2, 0.25) is 0 Å². The fourth-order valence-electron chi connectivity index (χ4n) is 2.19. The maximum absolute atomic E-state index is 12.4. The van der Waals surface area contributed by atoms with E-state index in [-0.39, 0.29) is 18.4 Å². The van der Waals surface area contributed by atoms with Gasteiger partial charge in [-0.25, -0.2) is 8.42 Å². The number of hydrogen-bond donors (Lipinski definition) is 2. The normalized spacial score (nSPS) is 13.5.